The first-order valence-electron chi connectivity index (χ1n) is 6.01. The van der Waals surface area contributed by atoms with E-state index in [0.717, 1.165) is 25.8 Å². The number of hydrogen-bond acceptors (Lipinski definition) is 2. The molecule has 1 aromatic rings. The molecule has 0 N–H and O–H groups in total. The molecule has 1 aromatic carbocycles. The minimum Gasteiger partial charge on any atom is -0.374 e. The second kappa shape index (κ2) is 3.25. The van der Waals surface area contributed by atoms with Crippen LogP contribution in [0.4, 0.5) is 5.69 Å². The van der Waals surface area contributed by atoms with Crippen molar-refractivity contribution in [2.24, 2.45) is 0 Å². The zero-order valence-corrected chi connectivity index (χ0v) is 9.66. The number of rotatable bonds is 1. The van der Waals surface area contributed by atoms with E-state index >= 15 is 0 Å². The summed E-state index contributed by atoms with van der Waals surface area (Å²) in [7, 11) is 2.13. The van der Waals surface area contributed by atoms with E-state index in [0.29, 0.717) is 0 Å². The van der Waals surface area contributed by atoms with E-state index in [1.54, 1.807) is 0 Å². The van der Waals surface area contributed by atoms with Crippen molar-refractivity contribution in [3.8, 4) is 6.07 Å². The standard InChI is InChI=1S/C14H16N2/c1-16-8-5-11-9-12(3-4-13(11)16)14(10-15)6-2-7-14/h3-4,9H,2,5-8H2,1H3. The van der Waals surface area contributed by atoms with Crippen molar-refractivity contribution in [2.75, 3.05) is 18.5 Å². The third-order valence-electron chi connectivity index (χ3n) is 4.18. The van der Waals surface area contributed by atoms with Gasteiger partial charge in [0.1, 0.15) is 0 Å². The van der Waals surface area contributed by atoms with Crippen molar-refractivity contribution in [3.63, 3.8) is 0 Å². The number of likely N-dealkylation sites (N-methyl/N-ethyl adjacent to an activating group) is 1. The van der Waals surface area contributed by atoms with Gasteiger partial charge < -0.3 is 4.90 Å². The molecule has 3 rings (SSSR count). The SMILES string of the molecule is CN1CCc2cc(C3(C#N)CCC3)ccc21. The predicted molar refractivity (Wildman–Crippen MR) is 64.6 cm³/mol. The first-order valence-corrected chi connectivity index (χ1v) is 6.01. The molecule has 2 heteroatoms. The molecule has 1 heterocycles. The minimum atomic E-state index is -0.157. The van der Waals surface area contributed by atoms with Crippen molar-refractivity contribution >= 4 is 5.69 Å². The van der Waals surface area contributed by atoms with Crippen LogP contribution in [0.25, 0.3) is 0 Å². The van der Waals surface area contributed by atoms with Gasteiger partial charge in [-0.2, -0.15) is 5.26 Å². The lowest BCUT2D eigenvalue weighted by Crippen LogP contribution is -2.32. The second-order valence-electron chi connectivity index (χ2n) is 5.06. The number of benzene rings is 1. The second-order valence-corrected chi connectivity index (χ2v) is 5.06. The highest BCUT2D eigenvalue weighted by molar-refractivity contribution is 5.59. The maximum Gasteiger partial charge on any atom is 0.0822 e. The van der Waals surface area contributed by atoms with E-state index in [1.165, 1.54) is 23.2 Å². The summed E-state index contributed by atoms with van der Waals surface area (Å²) in [6.07, 6.45) is 4.40. The van der Waals surface area contributed by atoms with Crippen LogP contribution in [0.15, 0.2) is 18.2 Å². The highest BCUT2D eigenvalue weighted by Crippen LogP contribution is 2.44. The molecule has 1 saturated carbocycles. The van der Waals surface area contributed by atoms with Gasteiger partial charge in [-0.25, -0.2) is 0 Å². The van der Waals surface area contributed by atoms with E-state index in [-0.39, 0.29) is 5.41 Å². The van der Waals surface area contributed by atoms with E-state index in [4.69, 9.17) is 0 Å². The lowest BCUT2D eigenvalue weighted by molar-refractivity contribution is 0.324. The lowest BCUT2D eigenvalue weighted by Gasteiger charge is -2.36. The zero-order chi connectivity index (χ0) is 11.2. The summed E-state index contributed by atoms with van der Waals surface area (Å²) in [5.74, 6) is 0. The topological polar surface area (TPSA) is 27.0 Å². The predicted octanol–water partition coefficient (Wildman–Crippen LogP) is 2.62. The fraction of sp³-hybridized carbons (Fsp3) is 0.500. The van der Waals surface area contributed by atoms with Gasteiger partial charge in [0.25, 0.3) is 0 Å². The summed E-state index contributed by atoms with van der Waals surface area (Å²) in [6, 6.07) is 9.13. The molecule has 0 aromatic heterocycles. The van der Waals surface area contributed by atoms with Crippen LogP contribution in [-0.2, 0) is 11.8 Å². The Morgan fingerprint density at radius 2 is 2.19 bits per heavy atom. The Morgan fingerprint density at radius 3 is 2.81 bits per heavy atom. The number of nitrogens with zero attached hydrogens (tertiary/aromatic N) is 2. The van der Waals surface area contributed by atoms with E-state index in [2.05, 4.69) is 36.2 Å². The fourth-order valence-electron chi connectivity index (χ4n) is 2.86. The van der Waals surface area contributed by atoms with Gasteiger partial charge in [-0.3, -0.25) is 0 Å². The Kier molecular flexibility index (Phi) is 1.97. The number of anilines is 1. The van der Waals surface area contributed by atoms with Crippen LogP contribution in [-0.4, -0.2) is 13.6 Å². The van der Waals surface area contributed by atoms with Crippen LogP contribution in [0.2, 0.25) is 0 Å². The van der Waals surface area contributed by atoms with Crippen LogP contribution in [0.3, 0.4) is 0 Å². The molecule has 1 fully saturated rings. The normalized spacial score (nSPS) is 21.1. The van der Waals surface area contributed by atoms with Crippen molar-refractivity contribution in [3.05, 3.63) is 29.3 Å². The quantitative estimate of drug-likeness (QED) is 0.715. The van der Waals surface area contributed by atoms with E-state index < -0.39 is 0 Å². The molecule has 0 bridgehead atoms. The van der Waals surface area contributed by atoms with Crippen molar-refractivity contribution in [1.82, 2.24) is 0 Å². The van der Waals surface area contributed by atoms with Crippen LogP contribution in [0.5, 0.6) is 0 Å². The van der Waals surface area contributed by atoms with Crippen molar-refractivity contribution in [2.45, 2.75) is 31.1 Å². The molecule has 16 heavy (non-hydrogen) atoms. The first kappa shape index (κ1) is 9.72. The van der Waals surface area contributed by atoms with Crippen LogP contribution in [0, 0.1) is 11.3 Å². The average molecular weight is 212 g/mol. The molecule has 0 saturated heterocycles. The smallest absolute Gasteiger partial charge is 0.0822 e. The molecule has 0 spiro atoms. The molecule has 1 aliphatic carbocycles. The Morgan fingerprint density at radius 1 is 1.38 bits per heavy atom. The largest absolute Gasteiger partial charge is 0.374 e. The molecule has 0 radical (unpaired) electrons. The summed E-state index contributed by atoms with van der Waals surface area (Å²) in [6.45, 7) is 1.11. The molecule has 1 aliphatic heterocycles. The Hall–Kier alpha value is -1.49. The number of nitriles is 1. The third kappa shape index (κ3) is 1.18. The number of hydrogen-bond donors (Lipinski definition) is 0. The summed E-state index contributed by atoms with van der Waals surface area (Å²) in [5, 5.41) is 9.33. The van der Waals surface area contributed by atoms with Gasteiger partial charge in [0.15, 0.2) is 0 Å². The minimum absolute atomic E-state index is 0.157. The first-order chi connectivity index (χ1) is 7.75. The van der Waals surface area contributed by atoms with Gasteiger partial charge in [-0.05, 0) is 42.9 Å². The van der Waals surface area contributed by atoms with E-state index in [9.17, 15) is 5.26 Å². The van der Waals surface area contributed by atoms with Gasteiger partial charge >= 0.3 is 0 Å². The van der Waals surface area contributed by atoms with Crippen molar-refractivity contribution < 1.29 is 0 Å². The Labute approximate surface area is 96.5 Å². The molecule has 82 valence electrons. The summed E-state index contributed by atoms with van der Waals surface area (Å²) < 4.78 is 0. The van der Waals surface area contributed by atoms with Gasteiger partial charge in [0.2, 0.25) is 0 Å². The highest BCUT2D eigenvalue weighted by atomic mass is 15.1. The molecule has 0 amide bonds. The molecule has 0 unspecified atom stereocenters. The summed E-state index contributed by atoms with van der Waals surface area (Å²) in [5.41, 5.74) is 3.85. The maximum absolute atomic E-state index is 9.33. The molecule has 2 nitrogen and oxygen atoms in total. The van der Waals surface area contributed by atoms with E-state index in [1.807, 2.05) is 0 Å². The summed E-state index contributed by atoms with van der Waals surface area (Å²) in [4.78, 5) is 2.29. The van der Waals surface area contributed by atoms with Crippen LogP contribution < -0.4 is 4.90 Å². The van der Waals surface area contributed by atoms with Gasteiger partial charge in [-0.15, -0.1) is 0 Å². The zero-order valence-electron chi connectivity index (χ0n) is 9.66. The third-order valence-corrected chi connectivity index (χ3v) is 4.18. The van der Waals surface area contributed by atoms with Crippen LogP contribution in [0.1, 0.15) is 30.4 Å². The lowest BCUT2D eigenvalue weighted by atomic mass is 9.65. The van der Waals surface area contributed by atoms with Gasteiger partial charge in [0.05, 0.1) is 11.5 Å². The summed E-state index contributed by atoms with van der Waals surface area (Å²) >= 11 is 0. The molecular weight excluding hydrogens is 196 g/mol. The van der Waals surface area contributed by atoms with Gasteiger partial charge in [0, 0.05) is 19.3 Å². The molecule has 2 aliphatic rings. The number of fused-ring (bicyclic) bond motifs is 1. The molecular formula is C14H16N2. The highest BCUT2D eigenvalue weighted by Gasteiger charge is 2.39. The molecule has 0 atom stereocenters. The van der Waals surface area contributed by atoms with Crippen molar-refractivity contribution in [1.29, 1.82) is 5.26 Å². The average Bonchev–Trinajstić information content (AvgIpc) is 2.60. The van der Waals surface area contributed by atoms with Gasteiger partial charge in [-0.1, -0.05) is 12.1 Å². The van der Waals surface area contributed by atoms with Crippen LogP contribution >= 0.6 is 0 Å². The fourth-order valence-corrected chi connectivity index (χ4v) is 2.86. The Balaban J connectivity index is 2.02. The monoisotopic (exact) mass is 212 g/mol. The Bertz CT molecular complexity index is 466. The maximum atomic E-state index is 9.33.